The highest BCUT2D eigenvalue weighted by atomic mass is 32.2. The van der Waals surface area contributed by atoms with E-state index in [1.807, 2.05) is 12.1 Å². The summed E-state index contributed by atoms with van der Waals surface area (Å²) >= 11 is 0. The summed E-state index contributed by atoms with van der Waals surface area (Å²) in [6.45, 7) is 1.09. The maximum absolute atomic E-state index is 11.0. The molecule has 3 atom stereocenters. The lowest BCUT2D eigenvalue weighted by Gasteiger charge is -2.13. The lowest BCUT2D eigenvalue weighted by Crippen LogP contribution is -2.24. The number of hydrogen-bond acceptors (Lipinski definition) is 9. The minimum Gasteiger partial charge on any atom is -0.492 e. The molecule has 0 radical (unpaired) electrons. The van der Waals surface area contributed by atoms with Gasteiger partial charge in [-0.25, -0.2) is 20.1 Å². The number of ether oxygens (including phenoxy) is 1. The summed E-state index contributed by atoms with van der Waals surface area (Å²) in [6, 6.07) is 6.01. The van der Waals surface area contributed by atoms with E-state index in [-0.39, 0.29) is 18.4 Å². The van der Waals surface area contributed by atoms with Crippen LogP contribution < -0.4 is 15.2 Å². The van der Waals surface area contributed by atoms with Crippen LogP contribution in [-0.4, -0.2) is 59.3 Å². The monoisotopic (exact) mass is 460 g/mol. The molecule has 5 N–H and O–H groups in total. The van der Waals surface area contributed by atoms with Crippen LogP contribution in [-0.2, 0) is 20.9 Å². The Labute approximate surface area is 184 Å². The Morgan fingerprint density at radius 3 is 3.03 bits per heavy atom. The maximum Gasteiger partial charge on any atom is 0.333 e. The molecule has 1 saturated carbocycles. The predicted molar refractivity (Wildman–Crippen MR) is 116 cm³/mol. The van der Waals surface area contributed by atoms with Crippen molar-refractivity contribution in [2.75, 3.05) is 25.1 Å². The Morgan fingerprint density at radius 2 is 2.19 bits per heavy atom. The summed E-state index contributed by atoms with van der Waals surface area (Å²) in [6.07, 6.45) is 2.83. The number of benzene rings is 1. The van der Waals surface area contributed by atoms with E-state index in [0.717, 1.165) is 23.3 Å². The highest BCUT2D eigenvalue weighted by molar-refractivity contribution is 7.84. The van der Waals surface area contributed by atoms with Crippen molar-refractivity contribution in [1.29, 1.82) is 0 Å². The lowest BCUT2D eigenvalue weighted by molar-refractivity contribution is 0.100. The van der Waals surface area contributed by atoms with Crippen LogP contribution in [0.1, 0.15) is 18.4 Å². The number of fused-ring (bicyclic) bond motifs is 2. The van der Waals surface area contributed by atoms with Crippen LogP contribution in [0.15, 0.2) is 24.5 Å². The fourth-order valence-corrected chi connectivity index (χ4v) is 4.84. The van der Waals surface area contributed by atoms with Crippen LogP contribution in [0.5, 0.6) is 5.75 Å². The fraction of sp³-hybridized carbons (Fsp3) is 0.450. The molecule has 5 rings (SSSR count). The van der Waals surface area contributed by atoms with Crippen LogP contribution in [0.2, 0.25) is 0 Å². The molecule has 1 aromatic carbocycles. The van der Waals surface area contributed by atoms with Crippen molar-refractivity contribution >= 4 is 27.3 Å². The van der Waals surface area contributed by atoms with E-state index in [9.17, 15) is 13.5 Å². The average molecular weight is 461 g/mol. The molecule has 2 aliphatic rings. The summed E-state index contributed by atoms with van der Waals surface area (Å²) < 4.78 is 32.5. The number of rotatable bonds is 7. The summed E-state index contributed by atoms with van der Waals surface area (Å²) in [7, 11) is -4.02. The van der Waals surface area contributed by atoms with Gasteiger partial charge in [-0.15, -0.1) is 0 Å². The predicted octanol–water partition coefficient (Wildman–Crippen LogP) is 0.974. The number of imidazole rings is 1. The molecular weight excluding hydrogens is 436 g/mol. The van der Waals surface area contributed by atoms with Crippen molar-refractivity contribution < 1.29 is 22.4 Å². The molecule has 3 aromatic rings. The van der Waals surface area contributed by atoms with Gasteiger partial charge in [-0.2, -0.15) is 8.42 Å². The quantitative estimate of drug-likeness (QED) is 0.402. The van der Waals surface area contributed by atoms with Crippen LogP contribution >= 0.6 is 0 Å². The molecule has 0 spiro atoms. The number of aromatic nitrogens is 4. The van der Waals surface area contributed by atoms with Gasteiger partial charge in [0.1, 0.15) is 23.4 Å². The van der Waals surface area contributed by atoms with Crippen molar-refractivity contribution in [2.24, 2.45) is 17.0 Å². The Morgan fingerprint density at radius 1 is 1.31 bits per heavy atom. The second-order valence-corrected chi connectivity index (χ2v) is 9.44. The van der Waals surface area contributed by atoms with Crippen molar-refractivity contribution in [1.82, 2.24) is 19.9 Å². The number of H-pyrrole nitrogens is 1. The third-order valence-corrected chi connectivity index (χ3v) is 6.48. The van der Waals surface area contributed by atoms with Gasteiger partial charge >= 0.3 is 10.3 Å². The molecule has 1 fully saturated rings. The average Bonchev–Trinajstić information content (AvgIpc) is 3.47. The summed E-state index contributed by atoms with van der Waals surface area (Å²) in [5, 5.41) is 18.4. The first-order chi connectivity index (χ1) is 15.4. The Kier molecular flexibility index (Phi) is 5.45. The van der Waals surface area contributed by atoms with Crippen molar-refractivity contribution in [3.8, 4) is 17.1 Å². The molecule has 1 aliphatic carbocycles. The molecule has 1 aliphatic heterocycles. The summed E-state index contributed by atoms with van der Waals surface area (Å²) in [4.78, 5) is 16.6. The van der Waals surface area contributed by atoms with Gasteiger partial charge in [0, 0.05) is 18.9 Å². The van der Waals surface area contributed by atoms with Gasteiger partial charge in [-0.1, -0.05) is 12.1 Å². The maximum atomic E-state index is 11.0. The summed E-state index contributed by atoms with van der Waals surface area (Å²) in [5.74, 6) is 1.96. The van der Waals surface area contributed by atoms with E-state index >= 15 is 0 Å². The van der Waals surface area contributed by atoms with Crippen LogP contribution in [0.4, 0.5) is 5.82 Å². The molecule has 11 nitrogen and oxygen atoms in total. The lowest BCUT2D eigenvalue weighted by atomic mass is 10.1. The van der Waals surface area contributed by atoms with Gasteiger partial charge in [-0.3, -0.25) is 4.18 Å². The first-order valence-corrected chi connectivity index (χ1v) is 11.9. The number of aromatic amines is 1. The highest BCUT2D eigenvalue weighted by Gasteiger charge is 2.34. The first-order valence-electron chi connectivity index (χ1n) is 10.4. The Hall–Kier alpha value is -2.80. The molecule has 3 heterocycles. The smallest absolute Gasteiger partial charge is 0.333 e. The zero-order chi connectivity index (χ0) is 22.3. The summed E-state index contributed by atoms with van der Waals surface area (Å²) in [5.41, 5.74) is 3.28. The van der Waals surface area contributed by atoms with Gasteiger partial charge in [-0.05, 0) is 30.4 Å². The van der Waals surface area contributed by atoms with Gasteiger partial charge < -0.3 is 20.1 Å². The first kappa shape index (κ1) is 21.1. The normalized spacial score (nSPS) is 22.8. The van der Waals surface area contributed by atoms with Crippen LogP contribution in [0, 0.1) is 11.8 Å². The van der Waals surface area contributed by atoms with Crippen molar-refractivity contribution in [2.45, 2.75) is 25.4 Å². The molecule has 0 unspecified atom stereocenters. The van der Waals surface area contributed by atoms with Gasteiger partial charge in [0.05, 0.1) is 24.9 Å². The second kappa shape index (κ2) is 8.28. The van der Waals surface area contributed by atoms with E-state index in [1.54, 1.807) is 0 Å². The number of nitrogens with one attached hydrogen (secondary N) is 2. The zero-order valence-corrected chi connectivity index (χ0v) is 18.0. The van der Waals surface area contributed by atoms with Gasteiger partial charge in [0.2, 0.25) is 0 Å². The number of anilines is 1. The highest BCUT2D eigenvalue weighted by Crippen LogP contribution is 2.37. The second-order valence-electron chi connectivity index (χ2n) is 8.22. The zero-order valence-electron chi connectivity index (χ0n) is 17.2. The molecule has 0 bridgehead atoms. The topological polar surface area (TPSA) is 165 Å². The number of para-hydroxylation sites is 1. The number of hydrogen-bond donors (Lipinski definition) is 4. The van der Waals surface area contributed by atoms with E-state index in [4.69, 9.17) is 9.88 Å². The molecule has 0 amide bonds. The molecule has 12 heteroatoms. The fourth-order valence-electron chi connectivity index (χ4n) is 4.48. The van der Waals surface area contributed by atoms with E-state index in [2.05, 4.69) is 35.5 Å². The molecule has 0 saturated heterocycles. The van der Waals surface area contributed by atoms with Crippen molar-refractivity contribution in [3.05, 3.63) is 30.1 Å². The number of aliphatic hydroxyl groups is 1. The third-order valence-electron chi connectivity index (χ3n) is 6.02. The minimum absolute atomic E-state index is 0.122. The molecular formula is C20H24N6O5S. The standard InChI is InChI=1S/C20H24N6O5S/c21-32(28,29)31-9-13-6-11(7-15(13)27)8-22-19-16-20(24-10-23-19)26-18(25-16)14-3-1-2-12-4-5-30-17(12)14/h1-3,10-11,13,15,27H,4-9H2,(H2,21,28,29)(H2,22,23,24,25,26)/t11-,13+,15+/m1/s1. The Bertz CT molecular complexity index is 1250. The van der Waals surface area contributed by atoms with E-state index < -0.39 is 16.4 Å². The largest absolute Gasteiger partial charge is 0.492 e. The van der Waals surface area contributed by atoms with Crippen molar-refractivity contribution in [3.63, 3.8) is 0 Å². The van der Waals surface area contributed by atoms with Crippen LogP contribution in [0.25, 0.3) is 22.6 Å². The minimum atomic E-state index is -4.02. The third kappa shape index (κ3) is 4.26. The molecule has 32 heavy (non-hydrogen) atoms. The van der Waals surface area contributed by atoms with Gasteiger partial charge in [0.25, 0.3) is 0 Å². The SMILES string of the molecule is NS(=O)(=O)OC[C@@H]1C[C@@H](CNc2ncnc3nc(-c4cccc5c4OCC5)[nH]c23)C[C@@H]1O. The number of nitrogens with zero attached hydrogens (tertiary/aromatic N) is 3. The van der Waals surface area contributed by atoms with Crippen LogP contribution in [0.3, 0.4) is 0 Å². The number of aliphatic hydroxyl groups excluding tert-OH is 1. The number of nitrogens with two attached hydrogens (primary N) is 1. The van der Waals surface area contributed by atoms with E-state index in [0.29, 0.717) is 48.8 Å². The Balaban J connectivity index is 1.30. The van der Waals surface area contributed by atoms with Gasteiger partial charge in [0.15, 0.2) is 11.5 Å². The molecule has 170 valence electrons. The molecule has 2 aromatic heterocycles. The van der Waals surface area contributed by atoms with E-state index in [1.165, 1.54) is 6.33 Å².